The normalized spacial score (nSPS) is 15.1. The summed E-state index contributed by atoms with van der Waals surface area (Å²) in [5.41, 5.74) is 0. The SMILES string of the molecule is CCOP(=O)(OCC)C(NS(=O)(=O)c1ccc(Cl)cc1)(SCC(=O)O)C(Cl)(Cl)Cl. The number of alkyl halides is 3. The Kier molecular flexibility index (Phi) is 10.1. The zero-order valence-corrected chi connectivity index (χ0v) is 20.7. The third kappa shape index (κ3) is 6.62. The first-order valence-electron chi connectivity index (χ1n) is 7.86. The maximum Gasteiger partial charge on any atom is 0.366 e. The van der Waals surface area contributed by atoms with Gasteiger partial charge in [0.05, 0.1) is 23.9 Å². The maximum absolute atomic E-state index is 13.6. The van der Waals surface area contributed by atoms with Crippen molar-refractivity contribution in [3.63, 3.8) is 0 Å². The Balaban J connectivity index is 3.69. The molecule has 1 aromatic rings. The van der Waals surface area contributed by atoms with Crippen LogP contribution >= 0.6 is 65.8 Å². The zero-order valence-electron chi connectivity index (χ0n) is 15.1. The van der Waals surface area contributed by atoms with Gasteiger partial charge >= 0.3 is 13.6 Å². The summed E-state index contributed by atoms with van der Waals surface area (Å²) in [6, 6.07) is 4.95. The Labute approximate surface area is 193 Å². The summed E-state index contributed by atoms with van der Waals surface area (Å²) in [5, 5.41) is 9.37. The van der Waals surface area contributed by atoms with E-state index in [9.17, 15) is 17.8 Å². The molecule has 0 radical (unpaired) electrons. The van der Waals surface area contributed by atoms with Gasteiger partial charge in [-0.2, -0.15) is 4.72 Å². The van der Waals surface area contributed by atoms with Crippen LogP contribution in [0, 0.1) is 0 Å². The zero-order chi connectivity index (χ0) is 22.5. The van der Waals surface area contributed by atoms with E-state index in [1.54, 1.807) is 0 Å². The van der Waals surface area contributed by atoms with Crippen LogP contribution in [0.5, 0.6) is 0 Å². The van der Waals surface area contributed by atoms with Crippen LogP contribution in [0.25, 0.3) is 0 Å². The maximum atomic E-state index is 13.6. The predicted octanol–water partition coefficient (Wildman–Crippen LogP) is 4.73. The van der Waals surface area contributed by atoms with E-state index in [-0.39, 0.29) is 34.9 Å². The molecule has 166 valence electrons. The minimum Gasteiger partial charge on any atom is -0.481 e. The van der Waals surface area contributed by atoms with Gasteiger partial charge in [0.2, 0.25) is 18.4 Å². The number of nitrogens with one attached hydrogen (secondary N) is 1. The largest absolute Gasteiger partial charge is 0.481 e. The van der Waals surface area contributed by atoms with Crippen molar-refractivity contribution in [1.82, 2.24) is 4.72 Å². The molecule has 0 bridgehead atoms. The van der Waals surface area contributed by atoms with Crippen molar-refractivity contribution in [1.29, 1.82) is 0 Å². The quantitative estimate of drug-likeness (QED) is 0.231. The molecule has 0 aromatic heterocycles. The number of hydrogen-bond donors (Lipinski definition) is 2. The lowest BCUT2D eigenvalue weighted by Crippen LogP contribution is -2.55. The van der Waals surface area contributed by atoms with Gasteiger partial charge in [-0.1, -0.05) is 46.4 Å². The fourth-order valence-corrected chi connectivity index (χ4v) is 9.47. The molecule has 1 atom stereocenters. The lowest BCUT2D eigenvalue weighted by atomic mass is 10.4. The number of benzene rings is 1. The van der Waals surface area contributed by atoms with Crippen molar-refractivity contribution in [2.24, 2.45) is 0 Å². The Morgan fingerprint density at radius 2 is 1.66 bits per heavy atom. The number of halogens is 4. The van der Waals surface area contributed by atoms with Gasteiger partial charge in [0.15, 0.2) is 0 Å². The summed E-state index contributed by atoms with van der Waals surface area (Å²) in [5.74, 6) is -2.15. The average molecular weight is 549 g/mol. The third-order valence-corrected chi connectivity index (χ3v) is 11.4. The van der Waals surface area contributed by atoms with Crippen LogP contribution in [0.3, 0.4) is 0 Å². The van der Waals surface area contributed by atoms with Crippen LogP contribution in [-0.4, -0.2) is 46.9 Å². The summed E-state index contributed by atoms with van der Waals surface area (Å²) in [7, 11) is -9.07. The number of carboxylic acids is 1. The van der Waals surface area contributed by atoms with Gasteiger partial charge in [-0.05, 0) is 38.1 Å². The second kappa shape index (κ2) is 10.7. The van der Waals surface area contributed by atoms with Crippen molar-refractivity contribution in [2.75, 3.05) is 19.0 Å². The molecular weight excluding hydrogens is 531 g/mol. The van der Waals surface area contributed by atoms with Gasteiger partial charge in [0.1, 0.15) is 0 Å². The molecule has 0 fully saturated rings. The molecule has 15 heteroatoms. The van der Waals surface area contributed by atoms with Crippen LogP contribution in [-0.2, 0) is 28.4 Å². The molecule has 0 saturated heterocycles. The Hall–Kier alpha value is 0.260. The summed E-state index contributed by atoms with van der Waals surface area (Å²) >= 11 is 24.2. The molecule has 0 heterocycles. The first-order chi connectivity index (χ1) is 13.2. The minimum absolute atomic E-state index is 0.198. The van der Waals surface area contributed by atoms with Crippen molar-refractivity contribution in [3.8, 4) is 0 Å². The van der Waals surface area contributed by atoms with Gasteiger partial charge in [-0.3, -0.25) is 9.36 Å². The topological polar surface area (TPSA) is 119 Å². The van der Waals surface area contributed by atoms with Crippen molar-refractivity contribution >= 4 is 81.8 Å². The first-order valence-corrected chi connectivity index (χ1v) is 13.4. The summed E-state index contributed by atoms with van der Waals surface area (Å²) in [4.78, 5) is 10.9. The second-order valence-electron chi connectivity index (χ2n) is 5.22. The molecule has 2 N–H and O–H groups in total. The number of thioether (sulfide) groups is 1. The molecule has 0 saturated carbocycles. The minimum atomic E-state index is -4.58. The van der Waals surface area contributed by atoms with Crippen LogP contribution in [0.1, 0.15) is 13.8 Å². The molecule has 0 spiro atoms. The van der Waals surface area contributed by atoms with Crippen molar-refractivity contribution < 1.29 is 31.9 Å². The van der Waals surface area contributed by atoms with E-state index in [2.05, 4.69) is 4.72 Å². The van der Waals surface area contributed by atoms with E-state index in [4.69, 9.17) is 60.6 Å². The van der Waals surface area contributed by atoms with Gasteiger partial charge < -0.3 is 14.2 Å². The molecule has 0 amide bonds. The monoisotopic (exact) mass is 547 g/mol. The number of hydrogen-bond acceptors (Lipinski definition) is 7. The van der Waals surface area contributed by atoms with E-state index >= 15 is 0 Å². The molecule has 1 rings (SSSR count). The van der Waals surface area contributed by atoms with E-state index in [0.29, 0.717) is 0 Å². The Morgan fingerprint density at radius 1 is 1.17 bits per heavy atom. The lowest BCUT2D eigenvalue weighted by Gasteiger charge is -2.42. The van der Waals surface area contributed by atoms with E-state index in [1.165, 1.54) is 38.1 Å². The number of carbonyl (C=O) groups is 1. The molecule has 0 aliphatic rings. The van der Waals surface area contributed by atoms with Crippen molar-refractivity contribution in [2.45, 2.75) is 27.1 Å². The van der Waals surface area contributed by atoms with Crippen LogP contribution in [0.15, 0.2) is 29.2 Å². The summed E-state index contributed by atoms with van der Waals surface area (Å²) in [6.45, 7) is 2.53. The predicted molar refractivity (Wildman–Crippen MR) is 116 cm³/mol. The standard InChI is InChI=1S/C14H18Cl4NO7PS2/c1-3-25-27(22,26-4-2)14(13(16,17)18,28-9-12(20)21)19-29(23,24)11-7-5-10(15)6-8-11/h5-8,19H,3-4,9H2,1-2H3,(H,20,21). The van der Waals surface area contributed by atoms with Crippen LogP contribution in [0.2, 0.25) is 5.02 Å². The van der Waals surface area contributed by atoms with Gasteiger partial charge in [0, 0.05) is 5.02 Å². The van der Waals surface area contributed by atoms with E-state index in [1.807, 2.05) is 0 Å². The molecule has 1 unspecified atom stereocenters. The lowest BCUT2D eigenvalue weighted by molar-refractivity contribution is -0.133. The molecule has 1 aromatic carbocycles. The fraction of sp³-hybridized carbons (Fsp3) is 0.500. The molecule has 0 aliphatic heterocycles. The van der Waals surface area contributed by atoms with E-state index in [0.717, 1.165) is 0 Å². The number of sulfonamides is 1. The fourth-order valence-electron chi connectivity index (χ4n) is 2.04. The van der Waals surface area contributed by atoms with Gasteiger partial charge in [0.25, 0.3) is 0 Å². The molecule has 8 nitrogen and oxygen atoms in total. The van der Waals surface area contributed by atoms with E-state index < -0.39 is 37.7 Å². The smallest absolute Gasteiger partial charge is 0.366 e. The summed E-state index contributed by atoms with van der Waals surface area (Å²) in [6.07, 6.45) is 0. The number of aliphatic carboxylic acids is 1. The second-order valence-corrected chi connectivity index (χ2v) is 13.3. The molecular formula is C14H18Cl4NO7PS2. The van der Waals surface area contributed by atoms with Crippen LogP contribution < -0.4 is 4.72 Å². The summed E-state index contributed by atoms with van der Waals surface area (Å²) < 4.78 is 46.8. The first kappa shape index (κ1) is 27.3. The molecule has 0 aliphatic carbocycles. The highest BCUT2D eigenvalue weighted by molar-refractivity contribution is 8.08. The number of rotatable bonds is 11. The Bertz CT molecular complexity index is 854. The highest BCUT2D eigenvalue weighted by Gasteiger charge is 2.66. The van der Waals surface area contributed by atoms with Gasteiger partial charge in [-0.15, -0.1) is 11.8 Å². The highest BCUT2D eigenvalue weighted by atomic mass is 35.6. The van der Waals surface area contributed by atoms with Crippen LogP contribution in [0.4, 0.5) is 0 Å². The van der Waals surface area contributed by atoms with Crippen molar-refractivity contribution in [3.05, 3.63) is 29.3 Å². The average Bonchev–Trinajstić information content (AvgIpc) is 2.58. The highest BCUT2D eigenvalue weighted by Crippen LogP contribution is 2.71. The van der Waals surface area contributed by atoms with Gasteiger partial charge in [-0.25, -0.2) is 8.42 Å². The third-order valence-electron chi connectivity index (χ3n) is 3.17. The molecule has 29 heavy (non-hydrogen) atoms. The number of carboxylic acid groups (broad SMARTS) is 1. The Morgan fingerprint density at radius 3 is 2.03 bits per heavy atom.